The van der Waals surface area contributed by atoms with Gasteiger partial charge in [0.05, 0.1) is 11.5 Å². The quantitative estimate of drug-likeness (QED) is 0.333. The molecule has 0 fully saturated rings. The maximum absolute atomic E-state index is 12.2. The summed E-state index contributed by atoms with van der Waals surface area (Å²) in [5.74, 6) is -1.04. The van der Waals surface area contributed by atoms with Crippen LogP contribution in [0.15, 0.2) is 24.0 Å². The predicted octanol–water partition coefficient (Wildman–Crippen LogP) is 1.31. The molecule has 11 nitrogen and oxygen atoms in total. The highest BCUT2D eigenvalue weighted by Gasteiger charge is 2.22. The van der Waals surface area contributed by atoms with Gasteiger partial charge in [0, 0.05) is 18.0 Å². The number of carbonyl (C=O) groups excluding carboxylic acids is 2. The number of nitrogens with one attached hydrogen (secondary N) is 1. The van der Waals surface area contributed by atoms with Crippen molar-refractivity contribution in [2.75, 3.05) is 6.61 Å². The molecule has 2 heterocycles. The van der Waals surface area contributed by atoms with Crippen molar-refractivity contribution >= 4 is 17.6 Å². The Morgan fingerprint density at radius 3 is 2.67 bits per heavy atom. The zero-order chi connectivity index (χ0) is 20.1. The Labute approximate surface area is 154 Å². The topological polar surface area (TPSA) is 134 Å². The van der Waals surface area contributed by atoms with Crippen molar-refractivity contribution in [2.24, 2.45) is 0 Å². The van der Waals surface area contributed by atoms with E-state index < -0.39 is 16.8 Å². The first-order chi connectivity index (χ1) is 12.7. The third-order valence-corrected chi connectivity index (χ3v) is 3.61. The number of rotatable bonds is 7. The largest absolute Gasteiger partial charge is 0.463 e. The van der Waals surface area contributed by atoms with Gasteiger partial charge in [0.1, 0.15) is 18.1 Å². The molecule has 27 heavy (non-hydrogen) atoms. The molecular weight excluding hydrogens is 356 g/mol. The number of allylic oxidation sites excluding steroid dienone is 1. The molecule has 1 amide bonds. The van der Waals surface area contributed by atoms with E-state index in [2.05, 4.69) is 15.5 Å². The standard InChI is InChI=1S/C16H20N6O5/c1-5-27-14(23)8-10(2)17-16(24)13-6-7-20(19-13)9-21-12(4)15(22(25)26)11(3)18-21/h6-8H,5,9H2,1-4H3,(H,17,24)/b10-8+. The van der Waals surface area contributed by atoms with Crippen LogP contribution >= 0.6 is 0 Å². The molecule has 2 aromatic rings. The second kappa shape index (κ2) is 8.25. The molecule has 0 spiro atoms. The Balaban J connectivity index is 2.09. The fourth-order valence-corrected chi connectivity index (χ4v) is 2.43. The highest BCUT2D eigenvalue weighted by atomic mass is 16.6. The molecule has 0 saturated carbocycles. The number of esters is 1. The summed E-state index contributed by atoms with van der Waals surface area (Å²) in [5, 5.41) is 21.9. The maximum atomic E-state index is 12.2. The van der Waals surface area contributed by atoms with Crippen LogP contribution in [0.4, 0.5) is 5.69 Å². The summed E-state index contributed by atoms with van der Waals surface area (Å²) in [6, 6.07) is 1.49. The fourth-order valence-electron chi connectivity index (χ4n) is 2.43. The Morgan fingerprint density at radius 1 is 1.37 bits per heavy atom. The minimum Gasteiger partial charge on any atom is -0.463 e. The Kier molecular flexibility index (Phi) is 6.06. The molecule has 0 aromatic carbocycles. The van der Waals surface area contributed by atoms with Gasteiger partial charge in [-0.25, -0.2) is 9.48 Å². The van der Waals surface area contributed by atoms with Crippen molar-refractivity contribution in [3.8, 4) is 0 Å². The van der Waals surface area contributed by atoms with Crippen molar-refractivity contribution in [3.05, 3.63) is 51.2 Å². The van der Waals surface area contributed by atoms with E-state index in [0.29, 0.717) is 17.1 Å². The summed E-state index contributed by atoms with van der Waals surface area (Å²) in [5.41, 5.74) is 1.11. The minimum atomic E-state index is -0.549. The number of hydrogen-bond acceptors (Lipinski definition) is 7. The van der Waals surface area contributed by atoms with Crippen LogP contribution in [0.1, 0.15) is 35.7 Å². The number of nitro groups is 1. The van der Waals surface area contributed by atoms with Gasteiger partial charge in [-0.3, -0.25) is 19.6 Å². The summed E-state index contributed by atoms with van der Waals surface area (Å²) in [6.07, 6.45) is 2.73. The number of amides is 1. The molecule has 2 rings (SSSR count). The average Bonchev–Trinajstić information content (AvgIpc) is 3.12. The Bertz CT molecular complexity index is 911. The van der Waals surface area contributed by atoms with Crippen molar-refractivity contribution in [1.29, 1.82) is 0 Å². The zero-order valence-electron chi connectivity index (χ0n) is 15.4. The number of hydrogen-bond donors (Lipinski definition) is 1. The van der Waals surface area contributed by atoms with E-state index in [1.54, 1.807) is 33.9 Å². The first kappa shape index (κ1) is 19.8. The van der Waals surface area contributed by atoms with Gasteiger partial charge in [0.2, 0.25) is 0 Å². The van der Waals surface area contributed by atoms with Crippen LogP contribution in [-0.2, 0) is 16.2 Å². The molecule has 0 atom stereocenters. The zero-order valence-corrected chi connectivity index (χ0v) is 15.4. The molecule has 144 valence electrons. The SMILES string of the molecule is CCOC(=O)/C=C(\C)NC(=O)c1ccn(Cn2nc(C)c([N+](=O)[O-])c2C)n1. The van der Waals surface area contributed by atoms with Crippen LogP contribution in [0.2, 0.25) is 0 Å². The number of carbonyl (C=O) groups is 2. The lowest BCUT2D eigenvalue weighted by Gasteiger charge is -2.05. The highest BCUT2D eigenvalue weighted by Crippen LogP contribution is 2.21. The fraction of sp³-hybridized carbons (Fsp3) is 0.375. The summed E-state index contributed by atoms with van der Waals surface area (Å²) < 4.78 is 7.64. The van der Waals surface area contributed by atoms with Crippen LogP contribution in [0.3, 0.4) is 0 Å². The van der Waals surface area contributed by atoms with Crippen molar-refractivity contribution < 1.29 is 19.2 Å². The molecule has 0 radical (unpaired) electrons. The van der Waals surface area contributed by atoms with E-state index in [1.165, 1.54) is 21.5 Å². The number of ether oxygens (including phenoxy) is 1. The molecule has 0 aliphatic rings. The third kappa shape index (κ3) is 4.77. The van der Waals surface area contributed by atoms with Gasteiger partial charge in [-0.05, 0) is 33.8 Å². The first-order valence-electron chi connectivity index (χ1n) is 8.11. The van der Waals surface area contributed by atoms with E-state index in [0.717, 1.165) is 0 Å². The lowest BCUT2D eigenvalue weighted by atomic mass is 10.3. The lowest BCUT2D eigenvalue weighted by Crippen LogP contribution is -2.23. The molecule has 0 aliphatic heterocycles. The second-order valence-electron chi connectivity index (χ2n) is 5.69. The molecule has 0 aliphatic carbocycles. The van der Waals surface area contributed by atoms with E-state index in [1.807, 2.05) is 0 Å². The van der Waals surface area contributed by atoms with Gasteiger partial charge in [-0.15, -0.1) is 0 Å². The number of aryl methyl sites for hydroxylation is 1. The van der Waals surface area contributed by atoms with E-state index >= 15 is 0 Å². The summed E-state index contributed by atoms with van der Waals surface area (Å²) >= 11 is 0. The van der Waals surface area contributed by atoms with Gasteiger partial charge in [-0.1, -0.05) is 0 Å². The summed E-state index contributed by atoms with van der Waals surface area (Å²) in [6.45, 7) is 6.75. The second-order valence-corrected chi connectivity index (χ2v) is 5.69. The third-order valence-electron chi connectivity index (χ3n) is 3.61. The molecular formula is C16H20N6O5. The van der Waals surface area contributed by atoms with E-state index in [4.69, 9.17) is 4.74 Å². The van der Waals surface area contributed by atoms with Gasteiger partial charge in [-0.2, -0.15) is 10.2 Å². The van der Waals surface area contributed by atoms with Crippen LogP contribution in [-0.4, -0.2) is 43.0 Å². The van der Waals surface area contributed by atoms with Crippen LogP contribution in [0, 0.1) is 24.0 Å². The van der Waals surface area contributed by atoms with Crippen LogP contribution < -0.4 is 5.32 Å². The van der Waals surface area contributed by atoms with Crippen molar-refractivity contribution in [2.45, 2.75) is 34.4 Å². The summed E-state index contributed by atoms with van der Waals surface area (Å²) in [4.78, 5) is 34.1. The molecule has 2 aromatic heterocycles. The van der Waals surface area contributed by atoms with Crippen LogP contribution in [0.25, 0.3) is 0 Å². The molecule has 1 N–H and O–H groups in total. The minimum absolute atomic E-state index is 0.0418. The monoisotopic (exact) mass is 376 g/mol. The van der Waals surface area contributed by atoms with Gasteiger partial charge < -0.3 is 10.1 Å². The maximum Gasteiger partial charge on any atom is 0.332 e. The molecule has 0 saturated heterocycles. The Hall–Kier alpha value is -3.50. The number of aromatic nitrogens is 4. The van der Waals surface area contributed by atoms with Crippen molar-refractivity contribution in [3.63, 3.8) is 0 Å². The highest BCUT2D eigenvalue weighted by molar-refractivity contribution is 5.94. The van der Waals surface area contributed by atoms with Gasteiger partial charge >= 0.3 is 11.7 Å². The van der Waals surface area contributed by atoms with Crippen LogP contribution in [0.5, 0.6) is 0 Å². The van der Waals surface area contributed by atoms with E-state index in [9.17, 15) is 19.7 Å². The molecule has 0 unspecified atom stereocenters. The summed E-state index contributed by atoms with van der Waals surface area (Å²) in [7, 11) is 0. The lowest BCUT2D eigenvalue weighted by molar-refractivity contribution is -0.386. The molecule has 0 bridgehead atoms. The average molecular weight is 376 g/mol. The smallest absolute Gasteiger partial charge is 0.332 e. The molecule has 11 heteroatoms. The first-order valence-corrected chi connectivity index (χ1v) is 8.11. The predicted molar refractivity (Wildman–Crippen MR) is 93.8 cm³/mol. The van der Waals surface area contributed by atoms with Crippen molar-refractivity contribution in [1.82, 2.24) is 24.9 Å². The van der Waals surface area contributed by atoms with Gasteiger partial charge in [0.25, 0.3) is 5.91 Å². The normalized spacial score (nSPS) is 11.3. The Morgan fingerprint density at radius 2 is 2.07 bits per heavy atom. The number of nitrogens with zero attached hydrogens (tertiary/aromatic N) is 5. The van der Waals surface area contributed by atoms with Gasteiger partial charge in [0.15, 0.2) is 5.69 Å². The van der Waals surface area contributed by atoms with E-state index in [-0.39, 0.29) is 24.7 Å².